The zero-order chi connectivity index (χ0) is 10.1. The summed E-state index contributed by atoms with van der Waals surface area (Å²) in [7, 11) is 0. The normalized spacial score (nSPS) is 23.9. The van der Waals surface area contributed by atoms with E-state index >= 15 is 0 Å². The number of hydrogen-bond acceptors (Lipinski definition) is 1. The lowest BCUT2D eigenvalue weighted by atomic mass is 9.76. The van der Waals surface area contributed by atoms with E-state index in [9.17, 15) is 4.79 Å². The van der Waals surface area contributed by atoms with Crippen molar-refractivity contribution in [3.05, 3.63) is 11.6 Å². The molecule has 0 bridgehead atoms. The average molecular weight is 182 g/mol. The van der Waals surface area contributed by atoms with Gasteiger partial charge < -0.3 is 5.11 Å². The third kappa shape index (κ3) is 2.58. The number of carboxylic acid groups (broad SMARTS) is 1. The summed E-state index contributed by atoms with van der Waals surface area (Å²) < 4.78 is 0. The van der Waals surface area contributed by atoms with Crippen LogP contribution in [-0.4, -0.2) is 11.1 Å². The fourth-order valence-electron chi connectivity index (χ4n) is 1.73. The van der Waals surface area contributed by atoms with Crippen molar-refractivity contribution < 1.29 is 9.90 Å². The second kappa shape index (κ2) is 3.52. The number of carboxylic acids is 1. The maximum absolute atomic E-state index is 10.8. The summed E-state index contributed by atoms with van der Waals surface area (Å²) >= 11 is 0. The molecule has 0 spiro atoms. The highest BCUT2D eigenvalue weighted by Gasteiger charge is 2.27. The highest BCUT2D eigenvalue weighted by atomic mass is 16.4. The van der Waals surface area contributed by atoms with Gasteiger partial charge in [-0.25, -0.2) is 0 Å². The summed E-state index contributed by atoms with van der Waals surface area (Å²) in [6, 6.07) is 0. The first-order chi connectivity index (χ1) is 5.91. The maximum Gasteiger partial charge on any atom is 0.306 e. The Morgan fingerprint density at radius 1 is 1.54 bits per heavy atom. The fraction of sp³-hybridized carbons (Fsp3) is 0.727. The predicted octanol–water partition coefficient (Wildman–Crippen LogP) is 2.84. The van der Waals surface area contributed by atoms with E-state index in [-0.39, 0.29) is 11.3 Å². The van der Waals surface area contributed by atoms with Crippen LogP contribution in [0.5, 0.6) is 0 Å². The lowest BCUT2D eigenvalue weighted by molar-refractivity contribution is -0.142. The summed E-state index contributed by atoms with van der Waals surface area (Å²) in [4.78, 5) is 10.8. The van der Waals surface area contributed by atoms with Crippen LogP contribution in [-0.2, 0) is 4.79 Å². The molecule has 0 aromatic carbocycles. The molecule has 1 atom stereocenters. The first kappa shape index (κ1) is 10.3. The van der Waals surface area contributed by atoms with E-state index in [1.807, 2.05) is 0 Å². The van der Waals surface area contributed by atoms with E-state index in [0.717, 1.165) is 19.3 Å². The largest absolute Gasteiger partial charge is 0.481 e. The Labute approximate surface area is 79.6 Å². The average Bonchev–Trinajstić information content (AvgIpc) is 2.03. The molecule has 2 nitrogen and oxygen atoms in total. The van der Waals surface area contributed by atoms with Gasteiger partial charge in [-0.3, -0.25) is 4.79 Å². The van der Waals surface area contributed by atoms with E-state index in [0.29, 0.717) is 0 Å². The Balaban J connectivity index is 2.70. The van der Waals surface area contributed by atoms with Gasteiger partial charge in [-0.2, -0.15) is 0 Å². The molecule has 2 heteroatoms. The number of aliphatic carboxylic acids is 1. The molecule has 1 rings (SSSR count). The van der Waals surface area contributed by atoms with Gasteiger partial charge in [0.05, 0.1) is 5.92 Å². The molecule has 1 aliphatic carbocycles. The highest BCUT2D eigenvalue weighted by Crippen LogP contribution is 2.35. The molecule has 0 heterocycles. The van der Waals surface area contributed by atoms with Crippen LogP contribution in [0.4, 0.5) is 0 Å². The summed E-state index contributed by atoms with van der Waals surface area (Å²) in [5.41, 5.74) is 1.43. The molecule has 13 heavy (non-hydrogen) atoms. The first-order valence-electron chi connectivity index (χ1n) is 4.83. The van der Waals surface area contributed by atoms with Crippen molar-refractivity contribution in [2.75, 3.05) is 0 Å². The van der Waals surface area contributed by atoms with Gasteiger partial charge in [0.2, 0.25) is 0 Å². The minimum absolute atomic E-state index is 0.133. The Hall–Kier alpha value is -0.790. The molecule has 0 fully saturated rings. The standard InChI is InChI=1S/C11H18O2/c1-11(2,3)9-6-4-5-8(7-9)10(12)13/h6,8H,4-5,7H2,1-3H3,(H,12,13). The molecule has 0 radical (unpaired) electrons. The molecule has 74 valence electrons. The van der Waals surface area contributed by atoms with E-state index in [4.69, 9.17) is 5.11 Å². The summed E-state index contributed by atoms with van der Waals surface area (Å²) in [5, 5.41) is 8.89. The zero-order valence-corrected chi connectivity index (χ0v) is 8.63. The van der Waals surface area contributed by atoms with Gasteiger partial charge in [0.25, 0.3) is 0 Å². The summed E-state index contributed by atoms with van der Waals surface area (Å²) in [5.74, 6) is -0.797. The number of hydrogen-bond donors (Lipinski definition) is 1. The van der Waals surface area contributed by atoms with Gasteiger partial charge >= 0.3 is 5.97 Å². The van der Waals surface area contributed by atoms with E-state index in [1.54, 1.807) is 0 Å². The molecule has 0 amide bonds. The van der Waals surface area contributed by atoms with Crippen LogP contribution in [0.15, 0.2) is 11.6 Å². The topological polar surface area (TPSA) is 37.3 Å². The van der Waals surface area contributed by atoms with E-state index < -0.39 is 5.97 Å². The lowest BCUT2D eigenvalue weighted by Crippen LogP contribution is -2.22. The number of carbonyl (C=O) groups is 1. The zero-order valence-electron chi connectivity index (χ0n) is 8.63. The van der Waals surface area contributed by atoms with Crippen molar-refractivity contribution in [3.63, 3.8) is 0 Å². The van der Waals surface area contributed by atoms with Gasteiger partial charge in [0.1, 0.15) is 0 Å². The van der Waals surface area contributed by atoms with Crippen LogP contribution in [0, 0.1) is 11.3 Å². The van der Waals surface area contributed by atoms with Crippen LogP contribution in [0.25, 0.3) is 0 Å². The molecular formula is C11H18O2. The molecule has 0 saturated carbocycles. The Bertz CT molecular complexity index is 233. The van der Waals surface area contributed by atoms with Crippen LogP contribution in [0.2, 0.25) is 0 Å². The minimum atomic E-state index is -0.644. The Morgan fingerprint density at radius 2 is 2.15 bits per heavy atom. The van der Waals surface area contributed by atoms with Crippen LogP contribution < -0.4 is 0 Å². The Morgan fingerprint density at radius 3 is 2.62 bits per heavy atom. The summed E-state index contributed by atoms with van der Waals surface area (Å²) in [6.07, 6.45) is 4.66. The van der Waals surface area contributed by atoms with Crippen molar-refractivity contribution >= 4 is 5.97 Å². The first-order valence-corrected chi connectivity index (χ1v) is 4.83. The predicted molar refractivity (Wildman–Crippen MR) is 52.5 cm³/mol. The Kier molecular flexibility index (Phi) is 2.79. The van der Waals surface area contributed by atoms with Gasteiger partial charge in [-0.05, 0) is 24.7 Å². The van der Waals surface area contributed by atoms with Gasteiger partial charge in [-0.1, -0.05) is 32.4 Å². The van der Waals surface area contributed by atoms with Crippen molar-refractivity contribution in [1.29, 1.82) is 0 Å². The number of rotatable bonds is 1. The summed E-state index contributed by atoms with van der Waals surface area (Å²) in [6.45, 7) is 6.43. The third-order valence-corrected chi connectivity index (χ3v) is 2.68. The van der Waals surface area contributed by atoms with Crippen molar-refractivity contribution in [2.24, 2.45) is 11.3 Å². The van der Waals surface area contributed by atoms with Gasteiger partial charge in [0, 0.05) is 0 Å². The maximum atomic E-state index is 10.8. The van der Waals surface area contributed by atoms with E-state index in [2.05, 4.69) is 26.8 Å². The second-order valence-electron chi connectivity index (χ2n) is 4.80. The molecule has 0 aliphatic heterocycles. The van der Waals surface area contributed by atoms with Crippen LogP contribution in [0.1, 0.15) is 40.0 Å². The molecule has 0 aromatic rings. The molecule has 1 aliphatic rings. The van der Waals surface area contributed by atoms with Gasteiger partial charge in [0.15, 0.2) is 0 Å². The van der Waals surface area contributed by atoms with Crippen molar-refractivity contribution in [3.8, 4) is 0 Å². The fourth-order valence-corrected chi connectivity index (χ4v) is 1.73. The van der Waals surface area contributed by atoms with Crippen molar-refractivity contribution in [2.45, 2.75) is 40.0 Å². The van der Waals surface area contributed by atoms with Crippen molar-refractivity contribution in [1.82, 2.24) is 0 Å². The smallest absolute Gasteiger partial charge is 0.306 e. The third-order valence-electron chi connectivity index (χ3n) is 2.68. The molecule has 1 N–H and O–H groups in total. The van der Waals surface area contributed by atoms with Crippen LogP contribution in [0.3, 0.4) is 0 Å². The number of allylic oxidation sites excluding steroid dienone is 2. The SMILES string of the molecule is CC(C)(C)C1=CCCC(C(=O)O)C1. The molecule has 0 saturated heterocycles. The quantitative estimate of drug-likeness (QED) is 0.633. The monoisotopic (exact) mass is 182 g/mol. The van der Waals surface area contributed by atoms with Gasteiger partial charge in [-0.15, -0.1) is 0 Å². The molecule has 1 unspecified atom stereocenters. The molecular weight excluding hydrogens is 164 g/mol. The lowest BCUT2D eigenvalue weighted by Gasteiger charge is -2.29. The van der Waals surface area contributed by atoms with Crippen LogP contribution >= 0.6 is 0 Å². The second-order valence-corrected chi connectivity index (χ2v) is 4.80. The van der Waals surface area contributed by atoms with E-state index in [1.165, 1.54) is 5.57 Å². The molecule has 0 aromatic heterocycles. The minimum Gasteiger partial charge on any atom is -0.481 e. The highest BCUT2D eigenvalue weighted by molar-refractivity contribution is 5.70.